The maximum atomic E-state index is 12.7. The number of hydrogen-bond donors (Lipinski definition) is 0. The smallest absolute Gasteiger partial charge is 0.353 e. The highest BCUT2D eigenvalue weighted by molar-refractivity contribution is 7.12. The van der Waals surface area contributed by atoms with Crippen molar-refractivity contribution in [2.75, 3.05) is 4.90 Å². The average molecular weight is 355 g/mol. The summed E-state index contributed by atoms with van der Waals surface area (Å²) >= 11 is 1.30. The minimum atomic E-state index is -0.445. The standard InChI is InChI=1S/C19H17NO4S/c21-17-14-7-1-2-8-15(14)18(22)20(17)12-5-3-6-13(11-12)24-19(23)16-9-4-10-25-16/h3-6,9-11,14-15H,1-2,7-8H2/t14-,15-/m1/s1. The first-order chi connectivity index (χ1) is 12.1. The van der Waals surface area contributed by atoms with Crippen molar-refractivity contribution in [3.8, 4) is 5.75 Å². The number of benzene rings is 1. The summed E-state index contributed by atoms with van der Waals surface area (Å²) in [5.74, 6) is -0.767. The SMILES string of the molecule is O=C(Oc1cccc(N2C(=O)[C@@H]3CCCC[C@H]3C2=O)c1)c1cccs1. The van der Waals surface area contributed by atoms with Gasteiger partial charge in [0.2, 0.25) is 11.8 Å². The molecule has 0 radical (unpaired) electrons. The minimum absolute atomic E-state index is 0.128. The van der Waals surface area contributed by atoms with E-state index >= 15 is 0 Å². The van der Waals surface area contributed by atoms with Gasteiger partial charge in [0.15, 0.2) is 0 Å². The first-order valence-corrected chi connectivity index (χ1v) is 9.26. The molecule has 2 atom stereocenters. The molecule has 0 bridgehead atoms. The summed E-state index contributed by atoms with van der Waals surface area (Å²) in [6.45, 7) is 0. The van der Waals surface area contributed by atoms with Gasteiger partial charge in [0.25, 0.3) is 0 Å². The number of carbonyl (C=O) groups excluding carboxylic acids is 3. The summed E-state index contributed by atoms with van der Waals surface area (Å²) in [5.41, 5.74) is 0.473. The second kappa shape index (κ2) is 6.44. The number of thiophene rings is 1. The van der Waals surface area contributed by atoms with Gasteiger partial charge in [0, 0.05) is 6.07 Å². The molecule has 2 fully saturated rings. The van der Waals surface area contributed by atoms with E-state index < -0.39 is 5.97 Å². The van der Waals surface area contributed by atoms with Crippen LogP contribution in [0.1, 0.15) is 35.4 Å². The van der Waals surface area contributed by atoms with Gasteiger partial charge >= 0.3 is 5.97 Å². The third kappa shape index (κ3) is 2.87. The fraction of sp³-hybridized carbons (Fsp3) is 0.316. The monoisotopic (exact) mass is 355 g/mol. The first-order valence-electron chi connectivity index (χ1n) is 8.39. The molecule has 25 heavy (non-hydrogen) atoms. The number of hydrogen-bond acceptors (Lipinski definition) is 5. The van der Waals surface area contributed by atoms with E-state index in [0.717, 1.165) is 25.7 Å². The number of fused-ring (bicyclic) bond motifs is 1. The van der Waals surface area contributed by atoms with Crippen LogP contribution >= 0.6 is 11.3 Å². The first kappa shape index (κ1) is 16.0. The third-order valence-electron chi connectivity index (χ3n) is 4.85. The average Bonchev–Trinajstić information content (AvgIpc) is 3.24. The highest BCUT2D eigenvalue weighted by Gasteiger charge is 2.48. The normalized spacial score (nSPS) is 22.8. The van der Waals surface area contributed by atoms with Crippen LogP contribution in [0.3, 0.4) is 0 Å². The van der Waals surface area contributed by atoms with Crippen LogP contribution in [-0.2, 0) is 9.59 Å². The quantitative estimate of drug-likeness (QED) is 0.479. The van der Waals surface area contributed by atoms with Crippen LogP contribution in [-0.4, -0.2) is 17.8 Å². The maximum Gasteiger partial charge on any atom is 0.353 e. The van der Waals surface area contributed by atoms with Crippen molar-refractivity contribution < 1.29 is 19.1 Å². The zero-order valence-corrected chi connectivity index (χ0v) is 14.3. The van der Waals surface area contributed by atoms with E-state index in [4.69, 9.17) is 4.74 Å². The Bertz CT molecular complexity index is 806. The largest absolute Gasteiger partial charge is 0.422 e. The molecule has 6 heteroatoms. The predicted octanol–water partition coefficient (Wildman–Crippen LogP) is 3.65. The Kier molecular flexibility index (Phi) is 4.13. The van der Waals surface area contributed by atoms with Crippen molar-refractivity contribution in [1.29, 1.82) is 0 Å². The Balaban J connectivity index is 1.58. The van der Waals surface area contributed by atoms with E-state index in [2.05, 4.69) is 0 Å². The van der Waals surface area contributed by atoms with Crippen LogP contribution in [0, 0.1) is 11.8 Å². The molecule has 1 aliphatic heterocycles. The summed E-state index contributed by atoms with van der Waals surface area (Å²) in [7, 11) is 0. The molecule has 2 amide bonds. The lowest BCUT2D eigenvalue weighted by Crippen LogP contribution is -2.30. The second-order valence-electron chi connectivity index (χ2n) is 6.37. The van der Waals surface area contributed by atoms with Gasteiger partial charge in [-0.15, -0.1) is 11.3 Å². The van der Waals surface area contributed by atoms with E-state index in [0.29, 0.717) is 16.3 Å². The number of amides is 2. The molecule has 1 aromatic heterocycles. The molecule has 0 unspecified atom stereocenters. The van der Waals surface area contributed by atoms with Crippen LogP contribution in [0.25, 0.3) is 0 Å². The zero-order chi connectivity index (χ0) is 17.4. The molecule has 4 rings (SSSR count). The van der Waals surface area contributed by atoms with Crippen molar-refractivity contribution in [1.82, 2.24) is 0 Å². The van der Waals surface area contributed by atoms with Gasteiger partial charge < -0.3 is 4.74 Å². The highest BCUT2D eigenvalue weighted by Crippen LogP contribution is 2.40. The highest BCUT2D eigenvalue weighted by atomic mass is 32.1. The lowest BCUT2D eigenvalue weighted by atomic mass is 9.81. The zero-order valence-electron chi connectivity index (χ0n) is 13.5. The molecular weight excluding hydrogens is 338 g/mol. The Morgan fingerprint density at radius 2 is 1.76 bits per heavy atom. The Morgan fingerprint density at radius 1 is 1.04 bits per heavy atom. The molecule has 5 nitrogen and oxygen atoms in total. The van der Waals surface area contributed by atoms with Crippen LogP contribution in [0.2, 0.25) is 0 Å². The minimum Gasteiger partial charge on any atom is -0.422 e. The van der Waals surface area contributed by atoms with Gasteiger partial charge in [-0.1, -0.05) is 25.0 Å². The molecule has 1 aromatic carbocycles. The van der Waals surface area contributed by atoms with Crippen LogP contribution in [0.4, 0.5) is 5.69 Å². The van der Waals surface area contributed by atoms with Crippen molar-refractivity contribution in [3.63, 3.8) is 0 Å². The van der Waals surface area contributed by atoms with Gasteiger partial charge in [-0.05, 0) is 36.4 Å². The number of carbonyl (C=O) groups is 3. The Labute approximate surface area is 149 Å². The van der Waals surface area contributed by atoms with Crippen molar-refractivity contribution in [3.05, 3.63) is 46.7 Å². The van der Waals surface area contributed by atoms with Crippen molar-refractivity contribution in [2.45, 2.75) is 25.7 Å². The topological polar surface area (TPSA) is 63.7 Å². The van der Waals surface area contributed by atoms with Crippen LogP contribution in [0.5, 0.6) is 5.75 Å². The molecule has 2 aliphatic rings. The maximum absolute atomic E-state index is 12.7. The molecule has 0 spiro atoms. The summed E-state index contributed by atoms with van der Waals surface area (Å²) in [6.07, 6.45) is 3.54. The van der Waals surface area contributed by atoms with Crippen LogP contribution in [0.15, 0.2) is 41.8 Å². The van der Waals surface area contributed by atoms with E-state index in [9.17, 15) is 14.4 Å². The lowest BCUT2D eigenvalue weighted by molar-refractivity contribution is -0.122. The number of nitrogens with zero attached hydrogens (tertiary/aromatic N) is 1. The summed E-state index contributed by atoms with van der Waals surface area (Å²) in [4.78, 5) is 39.2. The van der Waals surface area contributed by atoms with Gasteiger partial charge in [-0.25, -0.2) is 9.69 Å². The van der Waals surface area contributed by atoms with Gasteiger partial charge in [-0.3, -0.25) is 9.59 Å². The number of anilines is 1. The number of imide groups is 1. The molecule has 1 saturated heterocycles. The Hall–Kier alpha value is -2.47. The fourth-order valence-electron chi connectivity index (χ4n) is 3.65. The van der Waals surface area contributed by atoms with E-state index in [-0.39, 0.29) is 23.7 Å². The third-order valence-corrected chi connectivity index (χ3v) is 5.70. The van der Waals surface area contributed by atoms with Gasteiger partial charge in [-0.2, -0.15) is 0 Å². The predicted molar refractivity (Wildman–Crippen MR) is 93.7 cm³/mol. The molecule has 128 valence electrons. The van der Waals surface area contributed by atoms with Gasteiger partial charge in [0.05, 0.1) is 17.5 Å². The summed E-state index contributed by atoms with van der Waals surface area (Å²) in [6, 6.07) is 10.1. The van der Waals surface area contributed by atoms with Crippen molar-refractivity contribution >= 4 is 34.8 Å². The molecule has 2 heterocycles. The molecule has 1 saturated carbocycles. The number of esters is 1. The number of ether oxygens (including phenoxy) is 1. The van der Waals surface area contributed by atoms with E-state index in [1.165, 1.54) is 16.2 Å². The molecule has 0 N–H and O–H groups in total. The summed E-state index contributed by atoms with van der Waals surface area (Å²) < 4.78 is 5.37. The molecule has 1 aliphatic carbocycles. The molecule has 2 aromatic rings. The Morgan fingerprint density at radius 3 is 2.40 bits per heavy atom. The second-order valence-corrected chi connectivity index (χ2v) is 7.32. The van der Waals surface area contributed by atoms with E-state index in [1.54, 1.807) is 41.8 Å². The van der Waals surface area contributed by atoms with Gasteiger partial charge in [0.1, 0.15) is 10.6 Å². The number of rotatable bonds is 3. The fourth-order valence-corrected chi connectivity index (χ4v) is 4.25. The summed E-state index contributed by atoms with van der Waals surface area (Å²) in [5, 5.41) is 1.80. The lowest BCUT2D eigenvalue weighted by Gasteiger charge is -2.19. The van der Waals surface area contributed by atoms with Crippen molar-refractivity contribution in [2.24, 2.45) is 11.8 Å². The van der Waals surface area contributed by atoms with E-state index in [1.807, 2.05) is 0 Å². The molecular formula is C19H17NO4S. The van der Waals surface area contributed by atoms with Crippen LogP contribution < -0.4 is 9.64 Å².